The molecule has 1 aliphatic heterocycles. The molecule has 32 heavy (non-hydrogen) atoms. The topological polar surface area (TPSA) is 60.9 Å². The fourth-order valence-electron chi connectivity index (χ4n) is 4.03. The van der Waals surface area contributed by atoms with Gasteiger partial charge in [-0.2, -0.15) is 0 Å². The van der Waals surface area contributed by atoms with E-state index in [9.17, 15) is 14.7 Å². The van der Waals surface area contributed by atoms with Crippen LogP contribution in [0.4, 0.5) is 0 Å². The first kappa shape index (κ1) is 22.3. The molecule has 0 aliphatic carbocycles. The summed E-state index contributed by atoms with van der Waals surface area (Å²) in [5, 5.41) is 13.2. The molecular formula is C25H23ClN2O3S. The molecule has 164 valence electrons. The smallest absolute Gasteiger partial charge is 0.290 e. The van der Waals surface area contributed by atoms with Crippen LogP contribution in [-0.4, -0.2) is 47.2 Å². The maximum absolute atomic E-state index is 13.3. The van der Waals surface area contributed by atoms with E-state index in [1.54, 1.807) is 46.7 Å². The Morgan fingerprint density at radius 3 is 2.38 bits per heavy atom. The number of carbonyl (C=O) groups is 2. The number of amides is 1. The van der Waals surface area contributed by atoms with Crippen LogP contribution in [0, 0.1) is 0 Å². The SMILES string of the molecule is CN(C)[C@H](CN1C(=O)C(O)=C(C(=O)c2cccs2)[C@H]1c1ccc(Cl)cc1)c1ccccc1. The van der Waals surface area contributed by atoms with Crippen molar-refractivity contribution in [1.29, 1.82) is 0 Å². The van der Waals surface area contributed by atoms with Crippen LogP contribution in [0.2, 0.25) is 5.02 Å². The van der Waals surface area contributed by atoms with Crippen molar-refractivity contribution in [2.45, 2.75) is 12.1 Å². The largest absolute Gasteiger partial charge is 0.503 e. The van der Waals surface area contributed by atoms with Gasteiger partial charge in [-0.15, -0.1) is 11.3 Å². The Bertz CT molecular complexity index is 1140. The molecule has 0 fully saturated rings. The van der Waals surface area contributed by atoms with Gasteiger partial charge in [0.05, 0.1) is 22.5 Å². The van der Waals surface area contributed by atoms with E-state index in [-0.39, 0.29) is 17.4 Å². The van der Waals surface area contributed by atoms with Crippen LogP contribution in [0.15, 0.2) is 83.4 Å². The lowest BCUT2D eigenvalue weighted by molar-refractivity contribution is -0.130. The van der Waals surface area contributed by atoms with Gasteiger partial charge in [-0.25, -0.2) is 0 Å². The highest BCUT2D eigenvalue weighted by Gasteiger charge is 2.44. The number of rotatable bonds is 7. The van der Waals surface area contributed by atoms with Crippen LogP contribution >= 0.6 is 22.9 Å². The van der Waals surface area contributed by atoms with Crippen molar-refractivity contribution < 1.29 is 14.7 Å². The molecule has 1 aliphatic rings. The average Bonchev–Trinajstić information content (AvgIpc) is 3.41. The summed E-state index contributed by atoms with van der Waals surface area (Å²) in [6, 6.07) is 19.5. The van der Waals surface area contributed by atoms with E-state index >= 15 is 0 Å². The van der Waals surface area contributed by atoms with E-state index in [0.717, 1.165) is 11.1 Å². The summed E-state index contributed by atoms with van der Waals surface area (Å²) in [6.45, 7) is 0.300. The zero-order valence-electron chi connectivity index (χ0n) is 17.7. The third kappa shape index (κ3) is 4.21. The Morgan fingerprint density at radius 1 is 1.09 bits per heavy atom. The number of carbonyl (C=O) groups excluding carboxylic acids is 2. The molecule has 2 atom stereocenters. The molecule has 7 heteroatoms. The molecule has 0 bridgehead atoms. The summed E-state index contributed by atoms with van der Waals surface area (Å²) in [7, 11) is 3.89. The van der Waals surface area contributed by atoms with E-state index in [1.807, 2.05) is 49.3 Å². The molecule has 0 spiro atoms. The Labute approximate surface area is 196 Å². The summed E-state index contributed by atoms with van der Waals surface area (Å²) in [4.78, 5) is 30.7. The number of halogens is 1. The van der Waals surface area contributed by atoms with E-state index in [1.165, 1.54) is 11.3 Å². The van der Waals surface area contributed by atoms with Crippen molar-refractivity contribution in [3.05, 3.63) is 104 Å². The van der Waals surface area contributed by atoms with Crippen molar-refractivity contribution in [3.8, 4) is 0 Å². The van der Waals surface area contributed by atoms with Crippen molar-refractivity contribution >= 4 is 34.6 Å². The molecule has 0 unspecified atom stereocenters. The van der Waals surface area contributed by atoms with Gasteiger partial charge >= 0.3 is 0 Å². The van der Waals surface area contributed by atoms with Crippen LogP contribution in [-0.2, 0) is 4.79 Å². The first-order valence-corrected chi connectivity index (χ1v) is 11.4. The van der Waals surface area contributed by atoms with Gasteiger partial charge in [0.25, 0.3) is 5.91 Å². The van der Waals surface area contributed by atoms with Crippen LogP contribution < -0.4 is 0 Å². The second-order valence-electron chi connectivity index (χ2n) is 7.87. The molecule has 4 rings (SSSR count). The minimum Gasteiger partial charge on any atom is -0.503 e. The Kier molecular flexibility index (Phi) is 6.46. The lowest BCUT2D eigenvalue weighted by atomic mass is 9.95. The van der Waals surface area contributed by atoms with Crippen LogP contribution in [0.3, 0.4) is 0 Å². The van der Waals surface area contributed by atoms with Gasteiger partial charge < -0.3 is 14.9 Å². The van der Waals surface area contributed by atoms with Crippen LogP contribution in [0.1, 0.15) is 32.9 Å². The molecule has 0 saturated heterocycles. The van der Waals surface area contributed by atoms with Gasteiger partial charge in [0.15, 0.2) is 5.76 Å². The first-order chi connectivity index (χ1) is 15.4. The number of aliphatic hydroxyl groups is 1. The molecule has 2 heterocycles. The number of ketones is 1. The summed E-state index contributed by atoms with van der Waals surface area (Å²) in [6.07, 6.45) is 0. The van der Waals surface area contributed by atoms with Gasteiger partial charge in [0, 0.05) is 11.6 Å². The number of likely N-dealkylation sites (N-methyl/N-ethyl adjacent to an activating group) is 1. The number of thiophene rings is 1. The zero-order chi connectivity index (χ0) is 22.8. The van der Waals surface area contributed by atoms with Crippen molar-refractivity contribution in [1.82, 2.24) is 9.80 Å². The fraction of sp³-hybridized carbons (Fsp3) is 0.200. The normalized spacial score (nSPS) is 17.3. The van der Waals surface area contributed by atoms with Gasteiger partial charge in [-0.1, -0.05) is 60.1 Å². The number of benzene rings is 2. The van der Waals surface area contributed by atoms with Gasteiger partial charge in [-0.3, -0.25) is 9.59 Å². The van der Waals surface area contributed by atoms with E-state index in [2.05, 4.69) is 0 Å². The second-order valence-corrected chi connectivity index (χ2v) is 9.25. The van der Waals surface area contributed by atoms with Crippen molar-refractivity contribution in [2.24, 2.45) is 0 Å². The first-order valence-electron chi connectivity index (χ1n) is 10.2. The van der Waals surface area contributed by atoms with Crippen LogP contribution in [0.5, 0.6) is 0 Å². The monoisotopic (exact) mass is 466 g/mol. The fourth-order valence-corrected chi connectivity index (χ4v) is 4.84. The number of nitrogens with zero attached hydrogens (tertiary/aromatic N) is 2. The quantitative estimate of drug-likeness (QED) is 0.481. The molecule has 1 amide bonds. The Hall–Kier alpha value is -2.93. The summed E-state index contributed by atoms with van der Waals surface area (Å²) >= 11 is 7.37. The molecule has 5 nitrogen and oxygen atoms in total. The molecule has 0 radical (unpaired) electrons. The van der Waals surface area contributed by atoms with Crippen LogP contribution in [0.25, 0.3) is 0 Å². The van der Waals surface area contributed by atoms with Crippen molar-refractivity contribution in [3.63, 3.8) is 0 Å². The van der Waals surface area contributed by atoms with Crippen molar-refractivity contribution in [2.75, 3.05) is 20.6 Å². The van der Waals surface area contributed by atoms with Gasteiger partial charge in [-0.05, 0) is 48.8 Å². The maximum atomic E-state index is 13.3. The van der Waals surface area contributed by atoms with E-state index in [4.69, 9.17) is 11.6 Å². The third-order valence-electron chi connectivity index (χ3n) is 5.66. The average molecular weight is 467 g/mol. The molecule has 2 aromatic carbocycles. The van der Waals surface area contributed by atoms with Gasteiger partial charge in [0.2, 0.25) is 5.78 Å². The highest BCUT2D eigenvalue weighted by Crippen LogP contribution is 2.41. The van der Waals surface area contributed by atoms with E-state index in [0.29, 0.717) is 16.4 Å². The highest BCUT2D eigenvalue weighted by molar-refractivity contribution is 7.12. The number of hydrogen-bond acceptors (Lipinski definition) is 5. The number of Topliss-reactive ketones (excluding diaryl/α,β-unsaturated/α-hetero) is 1. The third-order valence-corrected chi connectivity index (χ3v) is 6.78. The molecule has 0 saturated carbocycles. The number of hydrogen-bond donors (Lipinski definition) is 1. The Balaban J connectivity index is 1.78. The molecule has 1 N–H and O–H groups in total. The maximum Gasteiger partial charge on any atom is 0.290 e. The molecule has 1 aromatic heterocycles. The number of aliphatic hydroxyl groups excluding tert-OH is 1. The molecule has 3 aromatic rings. The lowest BCUT2D eigenvalue weighted by Crippen LogP contribution is -2.38. The molecular weight excluding hydrogens is 444 g/mol. The minimum absolute atomic E-state index is 0.102. The predicted octanol–water partition coefficient (Wildman–Crippen LogP) is 5.28. The highest BCUT2D eigenvalue weighted by atomic mass is 35.5. The summed E-state index contributed by atoms with van der Waals surface area (Å²) in [5.74, 6) is -1.38. The predicted molar refractivity (Wildman–Crippen MR) is 127 cm³/mol. The Morgan fingerprint density at radius 2 is 1.78 bits per heavy atom. The standard InChI is InChI=1S/C25H23ClN2O3S/c1-27(2)19(16-7-4-3-5-8-16)15-28-22(17-10-12-18(26)13-11-17)21(24(30)25(28)31)23(29)20-9-6-14-32-20/h3-14,19,22,30H,15H2,1-2H3/t19-,22-/m1/s1. The second kappa shape index (κ2) is 9.28. The lowest BCUT2D eigenvalue weighted by Gasteiger charge is -2.33. The van der Waals surface area contributed by atoms with Gasteiger partial charge in [0.1, 0.15) is 0 Å². The minimum atomic E-state index is -0.708. The van der Waals surface area contributed by atoms with E-state index < -0.39 is 17.7 Å². The zero-order valence-corrected chi connectivity index (χ0v) is 19.3. The summed E-state index contributed by atoms with van der Waals surface area (Å²) < 4.78 is 0. The summed E-state index contributed by atoms with van der Waals surface area (Å²) in [5.41, 5.74) is 1.86.